The molecule has 0 saturated heterocycles. The fourth-order valence-corrected chi connectivity index (χ4v) is 3.67. The van der Waals surface area contributed by atoms with Crippen LogP contribution in [-0.2, 0) is 0 Å². The second kappa shape index (κ2) is 6.45. The minimum absolute atomic E-state index is 0.103. The van der Waals surface area contributed by atoms with E-state index in [1.165, 1.54) is 18.2 Å². The number of hydrogen-bond acceptors (Lipinski definition) is 4. The maximum absolute atomic E-state index is 12.2. The van der Waals surface area contributed by atoms with Crippen molar-refractivity contribution in [2.75, 3.05) is 6.26 Å². The van der Waals surface area contributed by atoms with E-state index in [1.807, 2.05) is 6.26 Å². The van der Waals surface area contributed by atoms with Crippen molar-refractivity contribution in [2.24, 2.45) is 0 Å². The van der Waals surface area contributed by atoms with Gasteiger partial charge in [-0.1, -0.05) is 24.1 Å². The highest BCUT2D eigenvalue weighted by Gasteiger charge is 2.29. The monoisotopic (exact) mass is 314 g/mol. The van der Waals surface area contributed by atoms with Crippen molar-refractivity contribution in [1.29, 1.82) is 0 Å². The smallest absolute Gasteiger partial charge is 0.288 e. The fraction of sp³-hybridized carbons (Fsp3) is 0.462. The second-order valence-corrected chi connectivity index (χ2v) is 6.14. The third-order valence-corrected chi connectivity index (χ3v) is 5.06. The Hall–Kier alpha value is -1.27. The highest BCUT2D eigenvalue weighted by Crippen LogP contribution is 2.30. The molecule has 1 N–H and O–H groups in total. The van der Waals surface area contributed by atoms with Crippen molar-refractivity contribution in [3.8, 4) is 0 Å². The Morgan fingerprint density at radius 3 is 2.90 bits per heavy atom. The summed E-state index contributed by atoms with van der Waals surface area (Å²) in [4.78, 5) is 22.5. The number of halogens is 1. The molecule has 1 aliphatic rings. The normalized spacial score (nSPS) is 21.7. The van der Waals surface area contributed by atoms with E-state index in [2.05, 4.69) is 5.32 Å². The largest absolute Gasteiger partial charge is 0.348 e. The first-order valence-electron chi connectivity index (χ1n) is 6.31. The summed E-state index contributed by atoms with van der Waals surface area (Å²) in [6.07, 6.45) is 5.12. The van der Waals surface area contributed by atoms with Gasteiger partial charge in [0.1, 0.15) is 5.02 Å². The van der Waals surface area contributed by atoms with Crippen LogP contribution < -0.4 is 5.32 Å². The molecule has 7 heteroatoms. The van der Waals surface area contributed by atoms with Crippen molar-refractivity contribution in [3.05, 3.63) is 38.9 Å². The molecule has 108 valence electrons. The van der Waals surface area contributed by atoms with Gasteiger partial charge in [-0.05, 0) is 25.2 Å². The summed E-state index contributed by atoms with van der Waals surface area (Å²) < 4.78 is 0. The van der Waals surface area contributed by atoms with Crippen LogP contribution in [0.1, 0.15) is 29.6 Å². The van der Waals surface area contributed by atoms with Gasteiger partial charge in [0.05, 0.1) is 10.5 Å². The minimum Gasteiger partial charge on any atom is -0.348 e. The lowest BCUT2D eigenvalue weighted by molar-refractivity contribution is -0.384. The Labute approximate surface area is 126 Å². The van der Waals surface area contributed by atoms with Crippen LogP contribution in [0.4, 0.5) is 5.69 Å². The van der Waals surface area contributed by atoms with E-state index in [-0.39, 0.29) is 28.2 Å². The molecule has 0 radical (unpaired) electrons. The number of nitro benzene ring substituents is 1. The molecule has 1 aromatic rings. The number of carbonyl (C=O) groups is 1. The highest BCUT2D eigenvalue weighted by molar-refractivity contribution is 7.99. The molecule has 20 heavy (non-hydrogen) atoms. The van der Waals surface area contributed by atoms with Gasteiger partial charge in [-0.2, -0.15) is 11.8 Å². The lowest BCUT2D eigenvalue weighted by Crippen LogP contribution is -2.38. The zero-order chi connectivity index (χ0) is 14.7. The Morgan fingerprint density at radius 1 is 1.50 bits per heavy atom. The van der Waals surface area contributed by atoms with Crippen LogP contribution in [0.3, 0.4) is 0 Å². The average molecular weight is 315 g/mol. The van der Waals surface area contributed by atoms with Crippen LogP contribution in [0.15, 0.2) is 18.2 Å². The van der Waals surface area contributed by atoms with Crippen molar-refractivity contribution < 1.29 is 9.72 Å². The SMILES string of the molecule is CSC1CCCC1NC(=O)c1cccc([N+](=O)[O-])c1Cl. The topological polar surface area (TPSA) is 72.2 Å². The van der Waals surface area contributed by atoms with Gasteiger partial charge < -0.3 is 5.32 Å². The van der Waals surface area contributed by atoms with Gasteiger partial charge in [0.2, 0.25) is 0 Å². The first-order chi connectivity index (χ1) is 9.54. The van der Waals surface area contributed by atoms with E-state index in [0.717, 1.165) is 19.3 Å². The molecule has 0 aliphatic heterocycles. The van der Waals surface area contributed by atoms with Crippen LogP contribution in [0.2, 0.25) is 5.02 Å². The van der Waals surface area contributed by atoms with Crippen LogP contribution in [0, 0.1) is 10.1 Å². The van der Waals surface area contributed by atoms with Crippen LogP contribution in [-0.4, -0.2) is 28.4 Å². The molecule has 1 amide bonds. The molecule has 1 aromatic carbocycles. The van der Waals surface area contributed by atoms with Gasteiger partial charge in [-0.25, -0.2) is 0 Å². The predicted octanol–water partition coefficient (Wildman–Crippen LogP) is 3.26. The quantitative estimate of drug-likeness (QED) is 0.684. The predicted molar refractivity (Wildman–Crippen MR) is 80.5 cm³/mol. The summed E-state index contributed by atoms with van der Waals surface area (Å²) in [6, 6.07) is 4.38. The summed E-state index contributed by atoms with van der Waals surface area (Å²) >= 11 is 7.68. The molecule has 0 spiro atoms. The molecule has 0 aromatic heterocycles. The third kappa shape index (κ3) is 3.07. The number of carbonyl (C=O) groups excluding carboxylic acids is 1. The second-order valence-electron chi connectivity index (χ2n) is 4.68. The lowest BCUT2D eigenvalue weighted by Gasteiger charge is -2.19. The summed E-state index contributed by atoms with van der Waals surface area (Å²) in [7, 11) is 0. The van der Waals surface area contributed by atoms with E-state index in [9.17, 15) is 14.9 Å². The fourth-order valence-electron chi connectivity index (χ4n) is 2.46. The zero-order valence-corrected chi connectivity index (χ0v) is 12.5. The number of amides is 1. The third-order valence-electron chi connectivity index (χ3n) is 3.49. The Morgan fingerprint density at radius 2 is 2.25 bits per heavy atom. The summed E-state index contributed by atoms with van der Waals surface area (Å²) in [5.74, 6) is -0.343. The molecule has 1 aliphatic carbocycles. The average Bonchev–Trinajstić information content (AvgIpc) is 2.85. The number of rotatable bonds is 4. The first kappa shape index (κ1) is 15.1. The number of hydrogen-bond donors (Lipinski definition) is 1. The standard InChI is InChI=1S/C13H15ClN2O3S/c1-20-11-7-3-5-9(11)15-13(17)8-4-2-6-10(12(8)14)16(18)19/h2,4,6,9,11H,3,5,7H2,1H3,(H,15,17). The van der Waals surface area contributed by atoms with Gasteiger partial charge in [-0.3, -0.25) is 14.9 Å². The summed E-state index contributed by atoms with van der Waals surface area (Å²) in [5, 5.41) is 14.1. The van der Waals surface area contributed by atoms with Crippen LogP contribution >= 0.6 is 23.4 Å². The molecule has 2 atom stereocenters. The Kier molecular flexibility index (Phi) is 4.88. The van der Waals surface area contributed by atoms with E-state index in [1.54, 1.807) is 11.8 Å². The molecular weight excluding hydrogens is 300 g/mol. The molecular formula is C13H15ClN2O3S. The van der Waals surface area contributed by atoms with Gasteiger partial charge in [0, 0.05) is 17.4 Å². The van der Waals surface area contributed by atoms with E-state index in [4.69, 9.17) is 11.6 Å². The number of nitrogens with zero attached hydrogens (tertiary/aromatic N) is 1. The Bertz CT molecular complexity index is 538. The Balaban J connectivity index is 2.17. The van der Waals surface area contributed by atoms with E-state index in [0.29, 0.717) is 5.25 Å². The number of benzene rings is 1. The van der Waals surface area contributed by atoms with E-state index >= 15 is 0 Å². The maximum Gasteiger partial charge on any atom is 0.288 e. The number of nitrogens with one attached hydrogen (secondary N) is 1. The highest BCUT2D eigenvalue weighted by atomic mass is 35.5. The van der Waals surface area contributed by atoms with Crippen molar-refractivity contribution >= 4 is 35.0 Å². The summed E-state index contributed by atoms with van der Waals surface area (Å²) in [5.41, 5.74) is -0.0835. The molecule has 0 heterocycles. The minimum atomic E-state index is -0.584. The van der Waals surface area contributed by atoms with Crippen molar-refractivity contribution in [3.63, 3.8) is 0 Å². The van der Waals surface area contributed by atoms with Crippen molar-refractivity contribution in [2.45, 2.75) is 30.6 Å². The first-order valence-corrected chi connectivity index (χ1v) is 7.97. The molecule has 5 nitrogen and oxygen atoms in total. The molecule has 1 saturated carbocycles. The van der Waals surface area contributed by atoms with Crippen molar-refractivity contribution in [1.82, 2.24) is 5.32 Å². The molecule has 2 unspecified atom stereocenters. The maximum atomic E-state index is 12.2. The molecule has 1 fully saturated rings. The molecule has 0 bridgehead atoms. The molecule has 2 rings (SSSR count). The number of nitro groups is 1. The van der Waals surface area contributed by atoms with Gasteiger partial charge in [0.25, 0.3) is 11.6 Å². The number of thioether (sulfide) groups is 1. The zero-order valence-electron chi connectivity index (χ0n) is 11.0. The van der Waals surface area contributed by atoms with Gasteiger partial charge in [-0.15, -0.1) is 0 Å². The summed E-state index contributed by atoms with van der Waals surface area (Å²) in [6.45, 7) is 0. The van der Waals surface area contributed by atoms with Crippen LogP contribution in [0.5, 0.6) is 0 Å². The lowest BCUT2D eigenvalue weighted by atomic mass is 10.1. The van der Waals surface area contributed by atoms with Crippen LogP contribution in [0.25, 0.3) is 0 Å². The van der Waals surface area contributed by atoms with Gasteiger partial charge >= 0.3 is 0 Å². The van der Waals surface area contributed by atoms with E-state index < -0.39 is 4.92 Å². The van der Waals surface area contributed by atoms with Gasteiger partial charge in [0.15, 0.2) is 0 Å².